The molecule has 2 rings (SSSR count). The van der Waals surface area contributed by atoms with E-state index in [4.69, 9.17) is 0 Å². The highest BCUT2D eigenvalue weighted by molar-refractivity contribution is 5.28. The van der Waals surface area contributed by atoms with E-state index in [1.807, 2.05) is 6.07 Å². The summed E-state index contributed by atoms with van der Waals surface area (Å²) in [5.41, 5.74) is 1.31. The molecule has 1 aromatic carbocycles. The van der Waals surface area contributed by atoms with Crippen molar-refractivity contribution < 1.29 is 4.39 Å². The van der Waals surface area contributed by atoms with E-state index < -0.39 is 0 Å². The molecule has 1 aromatic rings. The molecule has 0 radical (unpaired) electrons. The van der Waals surface area contributed by atoms with E-state index in [1.165, 1.54) is 6.07 Å². The second kappa shape index (κ2) is 3.70. The van der Waals surface area contributed by atoms with Gasteiger partial charge in [0, 0.05) is 12.0 Å². The van der Waals surface area contributed by atoms with Crippen molar-refractivity contribution in [2.75, 3.05) is 13.1 Å². The van der Waals surface area contributed by atoms with Crippen molar-refractivity contribution in [3.63, 3.8) is 0 Å². The molecule has 2 heteroatoms. The van der Waals surface area contributed by atoms with Gasteiger partial charge in [-0.05, 0) is 37.1 Å². The Morgan fingerprint density at radius 3 is 2.93 bits per heavy atom. The van der Waals surface area contributed by atoms with E-state index in [9.17, 15) is 4.39 Å². The van der Waals surface area contributed by atoms with Crippen molar-refractivity contribution in [2.45, 2.75) is 25.2 Å². The number of rotatable bonds is 2. The molecular formula is C12H16FN. The SMILES string of the molecule is CCC1(c2cccc(F)c2)CCNC1. The zero-order valence-corrected chi connectivity index (χ0v) is 8.52. The Bertz CT molecular complexity index is 316. The first kappa shape index (κ1) is 9.66. The van der Waals surface area contributed by atoms with E-state index in [-0.39, 0.29) is 11.2 Å². The van der Waals surface area contributed by atoms with Crippen LogP contribution in [0.5, 0.6) is 0 Å². The van der Waals surface area contributed by atoms with Gasteiger partial charge in [-0.25, -0.2) is 4.39 Å². The first-order valence-electron chi connectivity index (χ1n) is 5.24. The van der Waals surface area contributed by atoms with Gasteiger partial charge in [0.1, 0.15) is 5.82 Å². The van der Waals surface area contributed by atoms with Crippen LogP contribution in [0.4, 0.5) is 4.39 Å². The monoisotopic (exact) mass is 193 g/mol. The lowest BCUT2D eigenvalue weighted by atomic mass is 9.77. The summed E-state index contributed by atoms with van der Waals surface area (Å²) in [6, 6.07) is 7.03. The summed E-state index contributed by atoms with van der Waals surface area (Å²) in [5.74, 6) is -0.123. The minimum absolute atomic E-state index is 0.123. The van der Waals surface area contributed by atoms with Crippen LogP contribution in [-0.4, -0.2) is 13.1 Å². The summed E-state index contributed by atoms with van der Waals surface area (Å²) >= 11 is 0. The molecule has 1 unspecified atom stereocenters. The topological polar surface area (TPSA) is 12.0 Å². The van der Waals surface area contributed by atoms with E-state index in [0.29, 0.717) is 0 Å². The molecule has 1 aliphatic rings. The summed E-state index contributed by atoms with van der Waals surface area (Å²) < 4.78 is 13.1. The molecule has 0 aromatic heterocycles. The maximum absolute atomic E-state index is 13.1. The fraction of sp³-hybridized carbons (Fsp3) is 0.500. The maximum Gasteiger partial charge on any atom is 0.123 e. The number of hydrogen-bond donors (Lipinski definition) is 1. The largest absolute Gasteiger partial charge is 0.316 e. The zero-order chi connectivity index (χ0) is 10.0. The Labute approximate surface area is 84.3 Å². The first-order valence-corrected chi connectivity index (χ1v) is 5.24. The van der Waals surface area contributed by atoms with E-state index in [2.05, 4.69) is 12.2 Å². The van der Waals surface area contributed by atoms with Gasteiger partial charge >= 0.3 is 0 Å². The van der Waals surface area contributed by atoms with Crippen LogP contribution in [-0.2, 0) is 5.41 Å². The Kier molecular flexibility index (Phi) is 2.55. The maximum atomic E-state index is 13.1. The highest BCUT2D eigenvalue weighted by Crippen LogP contribution is 2.34. The summed E-state index contributed by atoms with van der Waals surface area (Å²) in [4.78, 5) is 0. The predicted octanol–water partition coefficient (Wildman–Crippen LogP) is 2.47. The van der Waals surface area contributed by atoms with E-state index >= 15 is 0 Å². The van der Waals surface area contributed by atoms with Crippen LogP contribution in [0.25, 0.3) is 0 Å². The molecule has 1 atom stereocenters. The first-order chi connectivity index (χ1) is 6.77. The molecule has 0 saturated carbocycles. The van der Waals surface area contributed by atoms with Crippen molar-refractivity contribution >= 4 is 0 Å². The third kappa shape index (κ3) is 1.55. The molecule has 0 bridgehead atoms. The highest BCUT2D eigenvalue weighted by atomic mass is 19.1. The zero-order valence-electron chi connectivity index (χ0n) is 8.52. The van der Waals surface area contributed by atoms with Gasteiger partial charge in [0.25, 0.3) is 0 Å². The van der Waals surface area contributed by atoms with Crippen LogP contribution in [0, 0.1) is 5.82 Å². The van der Waals surface area contributed by atoms with Crippen LogP contribution >= 0.6 is 0 Å². The molecular weight excluding hydrogens is 177 g/mol. The molecule has 0 aliphatic carbocycles. The van der Waals surface area contributed by atoms with Crippen LogP contribution in [0.2, 0.25) is 0 Å². The Morgan fingerprint density at radius 2 is 2.36 bits per heavy atom. The summed E-state index contributed by atoms with van der Waals surface area (Å²) in [7, 11) is 0. The average molecular weight is 193 g/mol. The van der Waals surface area contributed by atoms with Crippen molar-refractivity contribution in [2.24, 2.45) is 0 Å². The number of benzene rings is 1. The van der Waals surface area contributed by atoms with Gasteiger partial charge in [-0.1, -0.05) is 19.1 Å². The smallest absolute Gasteiger partial charge is 0.123 e. The predicted molar refractivity (Wildman–Crippen MR) is 55.9 cm³/mol. The van der Waals surface area contributed by atoms with Crippen LogP contribution in [0.15, 0.2) is 24.3 Å². The molecule has 0 amide bonds. The Hall–Kier alpha value is -0.890. The normalized spacial score (nSPS) is 26.7. The molecule has 1 fully saturated rings. The summed E-state index contributed by atoms with van der Waals surface area (Å²) in [6.45, 7) is 4.20. The molecule has 1 N–H and O–H groups in total. The number of halogens is 1. The van der Waals surface area contributed by atoms with Crippen LogP contribution in [0.3, 0.4) is 0 Å². The molecule has 1 heterocycles. The van der Waals surface area contributed by atoms with E-state index in [0.717, 1.165) is 31.5 Å². The second-order valence-electron chi connectivity index (χ2n) is 4.07. The van der Waals surface area contributed by atoms with Crippen molar-refractivity contribution in [1.82, 2.24) is 5.32 Å². The summed E-state index contributed by atoms with van der Waals surface area (Å²) in [6.07, 6.45) is 2.19. The molecule has 1 nitrogen and oxygen atoms in total. The standard InChI is InChI=1S/C12H16FN/c1-2-12(6-7-14-9-12)10-4-3-5-11(13)8-10/h3-5,8,14H,2,6-7,9H2,1H3. The Morgan fingerprint density at radius 1 is 1.50 bits per heavy atom. The van der Waals surface area contributed by atoms with Gasteiger partial charge in [-0.2, -0.15) is 0 Å². The Balaban J connectivity index is 2.35. The second-order valence-corrected chi connectivity index (χ2v) is 4.07. The van der Waals surface area contributed by atoms with Crippen molar-refractivity contribution in [3.8, 4) is 0 Å². The van der Waals surface area contributed by atoms with E-state index in [1.54, 1.807) is 12.1 Å². The lowest BCUT2D eigenvalue weighted by Crippen LogP contribution is -2.28. The molecule has 76 valence electrons. The number of nitrogens with one attached hydrogen (secondary N) is 1. The molecule has 1 saturated heterocycles. The van der Waals surface area contributed by atoms with Gasteiger partial charge in [-0.3, -0.25) is 0 Å². The highest BCUT2D eigenvalue weighted by Gasteiger charge is 2.33. The van der Waals surface area contributed by atoms with Crippen molar-refractivity contribution in [1.29, 1.82) is 0 Å². The van der Waals surface area contributed by atoms with Crippen LogP contribution < -0.4 is 5.32 Å². The number of hydrogen-bond acceptors (Lipinski definition) is 1. The van der Waals surface area contributed by atoms with Gasteiger partial charge in [-0.15, -0.1) is 0 Å². The molecule has 0 spiro atoms. The fourth-order valence-electron chi connectivity index (χ4n) is 2.31. The van der Waals surface area contributed by atoms with Gasteiger partial charge < -0.3 is 5.32 Å². The lowest BCUT2D eigenvalue weighted by Gasteiger charge is -2.27. The quantitative estimate of drug-likeness (QED) is 0.760. The lowest BCUT2D eigenvalue weighted by molar-refractivity contribution is 0.450. The van der Waals surface area contributed by atoms with Crippen LogP contribution in [0.1, 0.15) is 25.3 Å². The minimum Gasteiger partial charge on any atom is -0.316 e. The van der Waals surface area contributed by atoms with Gasteiger partial charge in [0.2, 0.25) is 0 Å². The summed E-state index contributed by atoms with van der Waals surface area (Å²) in [5, 5.41) is 3.36. The molecule has 14 heavy (non-hydrogen) atoms. The average Bonchev–Trinajstić information content (AvgIpc) is 2.67. The molecule has 1 aliphatic heterocycles. The fourth-order valence-corrected chi connectivity index (χ4v) is 2.31. The third-order valence-electron chi connectivity index (χ3n) is 3.36. The third-order valence-corrected chi connectivity index (χ3v) is 3.36. The van der Waals surface area contributed by atoms with Gasteiger partial charge in [0.15, 0.2) is 0 Å². The minimum atomic E-state index is -0.123. The van der Waals surface area contributed by atoms with Crippen molar-refractivity contribution in [3.05, 3.63) is 35.6 Å². The van der Waals surface area contributed by atoms with Gasteiger partial charge in [0.05, 0.1) is 0 Å².